The quantitative estimate of drug-likeness (QED) is 0.320. The Morgan fingerprint density at radius 2 is 1.44 bits per heavy atom. The Balaban J connectivity index is 2.12. The van der Waals surface area contributed by atoms with Crippen molar-refractivity contribution in [1.82, 2.24) is 4.90 Å². The number of carbonyl (C=O) groups is 2. The summed E-state index contributed by atoms with van der Waals surface area (Å²) in [6, 6.07) is 3.66. The number of ether oxygens (including phenoxy) is 1. The van der Waals surface area contributed by atoms with Gasteiger partial charge in [-0.25, -0.2) is 4.79 Å². The molecule has 1 aliphatic heterocycles. The molecule has 0 aliphatic carbocycles. The molecule has 0 radical (unpaired) electrons. The summed E-state index contributed by atoms with van der Waals surface area (Å²) >= 11 is 0. The maximum Gasteiger partial charge on any atom is 0.416 e. The van der Waals surface area contributed by atoms with E-state index < -0.39 is 78.7 Å². The number of benzene rings is 2. The molecule has 2 atom stereocenters. The van der Waals surface area contributed by atoms with Crippen LogP contribution in [0.2, 0.25) is 0 Å². The Labute approximate surface area is 229 Å². The van der Waals surface area contributed by atoms with Crippen molar-refractivity contribution in [3.05, 3.63) is 64.2 Å². The van der Waals surface area contributed by atoms with Gasteiger partial charge >= 0.3 is 24.6 Å². The molecule has 226 valence electrons. The fourth-order valence-electron chi connectivity index (χ4n) is 5.01. The minimum atomic E-state index is -4.78. The Morgan fingerprint density at radius 3 is 1.90 bits per heavy atom. The van der Waals surface area contributed by atoms with Crippen LogP contribution in [0.1, 0.15) is 61.1 Å². The summed E-state index contributed by atoms with van der Waals surface area (Å²) in [6.45, 7) is 3.70. The lowest BCUT2D eigenvalue weighted by Crippen LogP contribution is -2.47. The molecular formula is C27H27F9N2O3. The molecule has 1 aliphatic rings. The lowest BCUT2D eigenvalue weighted by atomic mass is 9.88. The van der Waals surface area contributed by atoms with Crippen molar-refractivity contribution < 1.29 is 53.8 Å². The first kappa shape index (κ1) is 32.1. The van der Waals surface area contributed by atoms with Crippen LogP contribution in [0, 0.1) is 0 Å². The third-order valence-corrected chi connectivity index (χ3v) is 6.50. The number of hydrogen-bond donors (Lipinski definition) is 0. The third kappa shape index (κ3) is 8.29. The van der Waals surface area contributed by atoms with Crippen molar-refractivity contribution in [3.8, 4) is 0 Å². The molecule has 0 saturated heterocycles. The lowest BCUT2D eigenvalue weighted by molar-refractivity contribution is -0.137. The molecule has 3 rings (SSSR count). The van der Waals surface area contributed by atoms with Gasteiger partial charge in [-0.05, 0) is 60.7 Å². The Bertz CT molecular complexity index is 1240. The average molecular weight is 599 g/mol. The van der Waals surface area contributed by atoms with Crippen molar-refractivity contribution in [2.24, 2.45) is 0 Å². The zero-order chi connectivity index (χ0) is 30.9. The van der Waals surface area contributed by atoms with E-state index in [4.69, 9.17) is 4.74 Å². The van der Waals surface area contributed by atoms with Crippen LogP contribution in [-0.4, -0.2) is 41.9 Å². The third-order valence-electron chi connectivity index (χ3n) is 6.50. The lowest BCUT2D eigenvalue weighted by Gasteiger charge is -2.43. The molecule has 2 unspecified atom stereocenters. The molecule has 2 aromatic carbocycles. The van der Waals surface area contributed by atoms with E-state index in [1.54, 1.807) is 13.8 Å². The maximum absolute atomic E-state index is 13.6. The van der Waals surface area contributed by atoms with Crippen molar-refractivity contribution in [2.75, 3.05) is 11.5 Å². The Kier molecular flexibility index (Phi) is 9.23. The first-order valence-electron chi connectivity index (χ1n) is 12.5. The van der Waals surface area contributed by atoms with Gasteiger partial charge in [-0.2, -0.15) is 39.5 Å². The number of amides is 2. The van der Waals surface area contributed by atoms with Crippen LogP contribution < -0.4 is 4.90 Å². The van der Waals surface area contributed by atoms with Gasteiger partial charge in [0.1, 0.15) is 0 Å². The van der Waals surface area contributed by atoms with Crippen LogP contribution in [-0.2, 0) is 35.1 Å². The second-order valence-electron chi connectivity index (χ2n) is 9.83. The van der Waals surface area contributed by atoms with Crippen LogP contribution in [0.15, 0.2) is 36.4 Å². The molecule has 0 fully saturated rings. The van der Waals surface area contributed by atoms with E-state index in [1.807, 2.05) is 0 Å². The van der Waals surface area contributed by atoms with Gasteiger partial charge in [-0.3, -0.25) is 9.69 Å². The van der Waals surface area contributed by atoms with Crippen LogP contribution in [0.25, 0.3) is 0 Å². The summed E-state index contributed by atoms with van der Waals surface area (Å²) in [6.07, 6.45) is -18.2. The fourth-order valence-corrected chi connectivity index (χ4v) is 5.01. The highest BCUT2D eigenvalue weighted by molar-refractivity contribution is 5.90. The minimum absolute atomic E-state index is 0.0183. The van der Waals surface area contributed by atoms with Crippen LogP contribution in [0.5, 0.6) is 0 Å². The van der Waals surface area contributed by atoms with Crippen LogP contribution in [0.3, 0.4) is 0 Å². The predicted octanol–water partition coefficient (Wildman–Crippen LogP) is 7.76. The molecular weight excluding hydrogens is 571 g/mol. The number of fused-ring (bicyclic) bond motifs is 1. The molecule has 0 aromatic heterocycles. The second-order valence-corrected chi connectivity index (χ2v) is 9.83. The smallest absolute Gasteiger partial charge is 0.416 e. The van der Waals surface area contributed by atoms with E-state index in [0.29, 0.717) is 0 Å². The van der Waals surface area contributed by atoms with Crippen molar-refractivity contribution in [2.45, 2.75) is 77.2 Å². The Hall–Kier alpha value is -3.45. The van der Waals surface area contributed by atoms with E-state index >= 15 is 0 Å². The van der Waals surface area contributed by atoms with E-state index in [2.05, 4.69) is 0 Å². The van der Waals surface area contributed by atoms with E-state index in [-0.39, 0.29) is 29.8 Å². The highest BCUT2D eigenvalue weighted by atomic mass is 19.4. The highest BCUT2D eigenvalue weighted by Gasteiger charge is 2.41. The summed E-state index contributed by atoms with van der Waals surface area (Å²) < 4.78 is 125. The molecule has 5 nitrogen and oxygen atoms in total. The summed E-state index contributed by atoms with van der Waals surface area (Å²) in [7, 11) is 0. The Morgan fingerprint density at radius 1 is 0.902 bits per heavy atom. The number of anilines is 1. The number of nitrogens with zero attached hydrogens (tertiary/aromatic N) is 2. The maximum atomic E-state index is 13.6. The first-order chi connectivity index (χ1) is 18.8. The van der Waals surface area contributed by atoms with Crippen molar-refractivity contribution >= 4 is 17.7 Å². The summed E-state index contributed by atoms with van der Waals surface area (Å²) in [5.41, 5.74) is -2.07. The van der Waals surface area contributed by atoms with Gasteiger partial charge < -0.3 is 9.64 Å². The SMILES string of the molecule is CCOC(=O)N1c2ccc(C(F)(F)F)cc2C(N(Cc2cc(CC(F)(F)F)cc(CC(F)(F)F)c2)C(C)=O)CC1C. The van der Waals surface area contributed by atoms with Crippen LogP contribution in [0.4, 0.5) is 50.0 Å². The van der Waals surface area contributed by atoms with Gasteiger partial charge in [-0.15, -0.1) is 0 Å². The zero-order valence-corrected chi connectivity index (χ0v) is 22.2. The molecule has 0 bridgehead atoms. The van der Waals surface area contributed by atoms with Crippen molar-refractivity contribution in [1.29, 1.82) is 0 Å². The van der Waals surface area contributed by atoms with Gasteiger partial charge in [-0.1, -0.05) is 18.2 Å². The van der Waals surface area contributed by atoms with E-state index in [9.17, 15) is 49.1 Å². The van der Waals surface area contributed by atoms with Gasteiger partial charge in [0.05, 0.1) is 36.7 Å². The number of hydrogen-bond acceptors (Lipinski definition) is 3. The standard InChI is InChI=1S/C27H27F9N2O3/c1-4-41-24(40)38-15(2)7-23(21-11-20(27(34,35)36)5-6-22(21)38)37(16(3)39)14-19-9-17(12-25(28,29)30)8-18(10-19)13-26(31,32)33/h5-6,8-11,15,23H,4,7,12-14H2,1-3H3. The normalized spacial score (nSPS) is 17.7. The summed E-state index contributed by atoms with van der Waals surface area (Å²) in [4.78, 5) is 27.7. The first-order valence-corrected chi connectivity index (χ1v) is 12.5. The predicted molar refractivity (Wildman–Crippen MR) is 130 cm³/mol. The van der Waals surface area contributed by atoms with Crippen molar-refractivity contribution in [3.63, 3.8) is 0 Å². The van der Waals surface area contributed by atoms with E-state index in [1.165, 1.54) is 0 Å². The number of halogens is 9. The average Bonchev–Trinajstić information content (AvgIpc) is 2.78. The fraction of sp³-hybridized carbons (Fsp3) is 0.481. The largest absolute Gasteiger partial charge is 0.449 e. The molecule has 1 heterocycles. The molecule has 0 N–H and O–H groups in total. The number of alkyl halides is 9. The number of rotatable bonds is 6. The monoisotopic (exact) mass is 598 g/mol. The second kappa shape index (κ2) is 11.8. The molecule has 14 heteroatoms. The minimum Gasteiger partial charge on any atom is -0.449 e. The molecule has 2 amide bonds. The molecule has 41 heavy (non-hydrogen) atoms. The molecule has 0 saturated carbocycles. The summed E-state index contributed by atoms with van der Waals surface area (Å²) in [5, 5.41) is 0. The molecule has 0 spiro atoms. The van der Waals surface area contributed by atoms with Crippen LogP contribution >= 0.6 is 0 Å². The number of carbonyl (C=O) groups excluding carboxylic acids is 2. The highest BCUT2D eigenvalue weighted by Crippen LogP contribution is 2.44. The van der Waals surface area contributed by atoms with Gasteiger partial charge in [0, 0.05) is 19.5 Å². The van der Waals surface area contributed by atoms with Gasteiger partial charge in [0.2, 0.25) is 5.91 Å². The van der Waals surface area contributed by atoms with E-state index in [0.717, 1.165) is 53.1 Å². The molecule has 2 aromatic rings. The topological polar surface area (TPSA) is 49.9 Å². The van der Waals surface area contributed by atoms with Gasteiger partial charge in [0.25, 0.3) is 0 Å². The zero-order valence-electron chi connectivity index (χ0n) is 22.2. The summed E-state index contributed by atoms with van der Waals surface area (Å²) in [5.74, 6) is -0.686. The van der Waals surface area contributed by atoms with Gasteiger partial charge in [0.15, 0.2) is 0 Å².